The van der Waals surface area contributed by atoms with Crippen LogP contribution in [0.4, 0.5) is 14.9 Å². The number of amides is 2. The van der Waals surface area contributed by atoms with Gasteiger partial charge in [0.2, 0.25) is 5.78 Å². The molecule has 4 unspecified atom stereocenters. The molecule has 2 N–H and O–H groups in total. The van der Waals surface area contributed by atoms with E-state index in [4.69, 9.17) is 4.42 Å². The van der Waals surface area contributed by atoms with Crippen LogP contribution in [0.1, 0.15) is 45.2 Å². The summed E-state index contributed by atoms with van der Waals surface area (Å²) in [6, 6.07) is 18.0. The second-order valence-electron chi connectivity index (χ2n) is 10.3. The fourth-order valence-electron chi connectivity index (χ4n) is 5.60. The van der Waals surface area contributed by atoms with Gasteiger partial charge in [0, 0.05) is 16.5 Å². The van der Waals surface area contributed by atoms with Gasteiger partial charge in [0.05, 0.1) is 12.0 Å². The Kier molecular flexibility index (Phi) is 7.64. The molecule has 41 heavy (non-hydrogen) atoms. The van der Waals surface area contributed by atoms with E-state index in [-0.39, 0.29) is 11.4 Å². The third-order valence-electron chi connectivity index (χ3n) is 7.63. The zero-order valence-corrected chi connectivity index (χ0v) is 23.5. The number of carboxylic acids is 1. The molecule has 0 saturated carbocycles. The highest BCUT2D eigenvalue weighted by molar-refractivity contribution is 7.10. The summed E-state index contributed by atoms with van der Waals surface area (Å²) < 4.78 is 19.3. The first-order valence-electron chi connectivity index (χ1n) is 13.1. The van der Waals surface area contributed by atoms with Crippen LogP contribution in [-0.2, 0) is 4.79 Å². The molecule has 2 aromatic heterocycles. The van der Waals surface area contributed by atoms with Crippen molar-refractivity contribution in [1.29, 1.82) is 0 Å². The van der Waals surface area contributed by atoms with Crippen LogP contribution in [0.25, 0.3) is 6.08 Å². The van der Waals surface area contributed by atoms with Gasteiger partial charge in [-0.05, 0) is 79.7 Å². The minimum atomic E-state index is -1.84. The average Bonchev–Trinajstić information content (AvgIpc) is 3.64. The van der Waals surface area contributed by atoms with Crippen LogP contribution in [0.3, 0.4) is 0 Å². The normalized spacial score (nSPS) is 22.2. The summed E-state index contributed by atoms with van der Waals surface area (Å²) >= 11 is 1.35. The quantitative estimate of drug-likeness (QED) is 0.229. The number of nitrogens with one attached hydrogen (secondary N) is 1. The first-order chi connectivity index (χ1) is 19.6. The molecule has 3 heterocycles. The number of furan rings is 1. The number of urea groups is 1. The van der Waals surface area contributed by atoms with E-state index in [0.29, 0.717) is 10.6 Å². The summed E-state index contributed by atoms with van der Waals surface area (Å²) in [5.41, 5.74) is 0.0924. The number of carbonyl (C=O) groups is 3. The van der Waals surface area contributed by atoms with Crippen molar-refractivity contribution in [2.75, 3.05) is 5.32 Å². The van der Waals surface area contributed by atoms with E-state index in [9.17, 15) is 23.9 Å². The maximum absolute atomic E-state index is 14.3. The number of hydrogen-bond acceptors (Lipinski definition) is 5. The van der Waals surface area contributed by atoms with Crippen LogP contribution in [-0.4, -0.2) is 39.4 Å². The Bertz CT molecular complexity index is 1610. The Labute approximate surface area is 240 Å². The van der Waals surface area contributed by atoms with Crippen LogP contribution < -0.4 is 5.32 Å². The predicted octanol–water partition coefficient (Wildman–Crippen LogP) is 7.15. The Morgan fingerprint density at radius 1 is 1.02 bits per heavy atom. The molecule has 1 fully saturated rings. The lowest BCUT2D eigenvalue weighted by molar-refractivity contribution is -0.148. The number of halogens is 1. The van der Waals surface area contributed by atoms with E-state index in [2.05, 4.69) is 5.32 Å². The monoisotopic (exact) mass is 572 g/mol. The van der Waals surface area contributed by atoms with Gasteiger partial charge >= 0.3 is 12.0 Å². The Hall–Kier alpha value is -4.50. The van der Waals surface area contributed by atoms with Crippen molar-refractivity contribution in [3.63, 3.8) is 0 Å². The third-order valence-corrected chi connectivity index (χ3v) is 8.74. The number of ketones is 1. The minimum Gasteiger partial charge on any atom is -0.479 e. The lowest BCUT2D eigenvalue weighted by atomic mass is 9.75. The van der Waals surface area contributed by atoms with E-state index >= 15 is 0 Å². The molecule has 2 aromatic carbocycles. The highest BCUT2D eigenvalue weighted by Gasteiger charge is 2.65. The van der Waals surface area contributed by atoms with Gasteiger partial charge in [-0.25, -0.2) is 14.0 Å². The lowest BCUT2D eigenvalue weighted by Gasteiger charge is -2.37. The van der Waals surface area contributed by atoms with Crippen molar-refractivity contribution < 1.29 is 28.3 Å². The molecule has 1 aliphatic rings. The smallest absolute Gasteiger partial charge is 0.330 e. The lowest BCUT2D eigenvalue weighted by Crippen LogP contribution is -2.56. The number of carboxylic acid groups (broad SMARTS) is 1. The largest absolute Gasteiger partial charge is 0.479 e. The van der Waals surface area contributed by atoms with Crippen molar-refractivity contribution in [3.05, 3.63) is 118 Å². The highest BCUT2D eigenvalue weighted by Crippen LogP contribution is 2.53. The molecule has 5 rings (SSSR count). The summed E-state index contributed by atoms with van der Waals surface area (Å²) in [5, 5.41) is 15.4. The summed E-state index contributed by atoms with van der Waals surface area (Å²) in [7, 11) is 0. The molecule has 0 radical (unpaired) electrons. The molecule has 0 spiro atoms. The van der Waals surface area contributed by atoms with Crippen molar-refractivity contribution in [2.24, 2.45) is 5.92 Å². The van der Waals surface area contributed by atoms with Gasteiger partial charge in [0.1, 0.15) is 17.1 Å². The number of thiophene rings is 1. The van der Waals surface area contributed by atoms with Gasteiger partial charge in [-0.2, -0.15) is 0 Å². The van der Waals surface area contributed by atoms with E-state index in [1.54, 1.807) is 31.2 Å². The van der Waals surface area contributed by atoms with Crippen LogP contribution in [0.5, 0.6) is 0 Å². The zero-order valence-electron chi connectivity index (χ0n) is 22.7. The molecule has 0 aliphatic carbocycles. The molecule has 9 heteroatoms. The SMILES string of the molecule is Cc1ccc(C(=O)C2C(C=Cc3ccccc3)N(C(=O)Nc3ccc(F)cc3)C(C)(C(=O)O)C2c2sccc2C)o1. The second-order valence-corrected chi connectivity index (χ2v) is 11.2. The molecule has 4 atom stereocenters. The first kappa shape index (κ1) is 28.0. The molecule has 7 nitrogen and oxygen atoms in total. The number of benzene rings is 2. The summed E-state index contributed by atoms with van der Waals surface area (Å²) in [4.78, 5) is 43.5. The molecular weight excluding hydrogens is 543 g/mol. The van der Waals surface area contributed by atoms with E-state index in [1.807, 2.05) is 48.7 Å². The number of nitrogens with zero attached hydrogens (tertiary/aromatic N) is 1. The number of hydrogen-bond donors (Lipinski definition) is 2. The van der Waals surface area contributed by atoms with E-state index in [0.717, 1.165) is 11.1 Å². The zero-order chi connectivity index (χ0) is 29.3. The van der Waals surface area contributed by atoms with Crippen molar-refractivity contribution in [2.45, 2.75) is 38.3 Å². The van der Waals surface area contributed by atoms with Gasteiger partial charge in [0.15, 0.2) is 5.76 Å². The number of anilines is 1. The molecule has 2 amide bonds. The van der Waals surface area contributed by atoms with Gasteiger partial charge in [-0.1, -0.05) is 42.5 Å². The fourth-order valence-corrected chi connectivity index (χ4v) is 6.80. The Morgan fingerprint density at radius 2 is 1.73 bits per heavy atom. The first-order valence-corrected chi connectivity index (χ1v) is 14.0. The predicted molar refractivity (Wildman–Crippen MR) is 156 cm³/mol. The molecule has 0 bridgehead atoms. The Morgan fingerprint density at radius 3 is 2.32 bits per heavy atom. The topological polar surface area (TPSA) is 99.9 Å². The van der Waals surface area contributed by atoms with Crippen LogP contribution in [0.2, 0.25) is 0 Å². The van der Waals surface area contributed by atoms with Gasteiger partial charge in [0.25, 0.3) is 0 Å². The van der Waals surface area contributed by atoms with Crippen molar-refractivity contribution >= 4 is 40.9 Å². The number of rotatable bonds is 7. The number of aryl methyl sites for hydroxylation is 2. The Balaban J connectivity index is 1.71. The van der Waals surface area contributed by atoms with Gasteiger partial charge in [-0.15, -0.1) is 11.3 Å². The fraction of sp³-hybridized carbons (Fsp3) is 0.219. The summed E-state index contributed by atoms with van der Waals surface area (Å²) in [5.74, 6) is -3.38. The molecular formula is C32H29FN2O5S. The molecule has 1 aliphatic heterocycles. The minimum absolute atomic E-state index is 0.0957. The second kappa shape index (κ2) is 11.2. The van der Waals surface area contributed by atoms with Gasteiger partial charge in [-0.3, -0.25) is 4.79 Å². The number of aliphatic carboxylic acids is 1. The van der Waals surface area contributed by atoms with Crippen LogP contribution in [0, 0.1) is 25.6 Å². The third kappa shape index (κ3) is 5.20. The van der Waals surface area contributed by atoms with E-state index < -0.39 is 47.0 Å². The number of carbonyl (C=O) groups excluding carboxylic acids is 2. The molecule has 4 aromatic rings. The number of Topliss-reactive ketones (excluding diaryl/α,β-unsaturated/α-hetero) is 1. The van der Waals surface area contributed by atoms with Crippen molar-refractivity contribution in [3.8, 4) is 0 Å². The van der Waals surface area contributed by atoms with E-state index in [1.165, 1.54) is 47.4 Å². The summed E-state index contributed by atoms with van der Waals surface area (Å²) in [6.07, 6.45) is 3.49. The number of likely N-dealkylation sites (tertiary alicyclic amines) is 1. The maximum atomic E-state index is 14.3. The molecule has 1 saturated heterocycles. The summed E-state index contributed by atoms with van der Waals surface area (Å²) in [6.45, 7) is 5.07. The average molecular weight is 573 g/mol. The van der Waals surface area contributed by atoms with Crippen molar-refractivity contribution in [1.82, 2.24) is 4.90 Å². The molecule has 210 valence electrons. The highest BCUT2D eigenvalue weighted by atomic mass is 32.1. The van der Waals surface area contributed by atoms with Gasteiger partial charge < -0.3 is 19.7 Å². The van der Waals surface area contributed by atoms with Crippen LogP contribution in [0.15, 0.2) is 88.7 Å². The van der Waals surface area contributed by atoms with Crippen LogP contribution >= 0.6 is 11.3 Å². The maximum Gasteiger partial charge on any atom is 0.330 e. The standard InChI is InChI=1S/C32H29FN2O5S/c1-19-17-18-41-29(19)27-26(28(36)25-16-9-20(2)40-25)24(15-10-21-7-5-4-6-8-21)35(32(27,3)30(37)38)31(39)34-23-13-11-22(33)12-14-23/h4-18,24,26-27H,1-3H3,(H,34,39)(H,37,38).